The van der Waals surface area contributed by atoms with Crippen LogP contribution in [0.5, 0.6) is 5.75 Å². The van der Waals surface area contributed by atoms with Gasteiger partial charge in [0.15, 0.2) is 0 Å². The molecule has 0 amide bonds. The molecule has 0 aliphatic rings. The number of hydrogen-bond donors (Lipinski definition) is 0. The Hall–Kier alpha value is -1.21. The third-order valence-electron chi connectivity index (χ3n) is 3.35. The molecule has 0 spiro atoms. The van der Waals surface area contributed by atoms with Crippen molar-refractivity contribution in [1.29, 1.82) is 0 Å². The second kappa shape index (κ2) is 13.1. The van der Waals surface area contributed by atoms with Crippen molar-refractivity contribution in [1.82, 2.24) is 0 Å². The van der Waals surface area contributed by atoms with Crippen LogP contribution in [-0.4, -0.2) is 71.5 Å². The summed E-state index contributed by atoms with van der Waals surface area (Å²) in [6.07, 6.45) is 0. The smallest absolute Gasteiger partial charge is 0.337 e. The van der Waals surface area contributed by atoms with Gasteiger partial charge in [-0.25, -0.2) is 4.79 Å². The molecule has 1 aromatic rings. The predicted molar refractivity (Wildman–Crippen MR) is 99.6 cm³/mol. The zero-order valence-corrected chi connectivity index (χ0v) is 16.1. The number of hydrogen-bond acceptors (Lipinski definition) is 6. The van der Waals surface area contributed by atoms with Crippen LogP contribution in [0.2, 0.25) is 0 Å². The monoisotopic (exact) mass is 393 g/mol. The summed E-state index contributed by atoms with van der Waals surface area (Å²) < 4.78 is 20.9. The number of methoxy groups -OCH3 is 2. The summed E-state index contributed by atoms with van der Waals surface area (Å²) in [5.74, 6) is 1.05. The molecule has 0 atom stereocenters. The molecule has 8 heteroatoms. The van der Waals surface area contributed by atoms with Crippen molar-refractivity contribution >= 4 is 34.9 Å². The summed E-state index contributed by atoms with van der Waals surface area (Å²) in [5, 5.41) is 0. The number of carbonyl (C=O) groups excluding carboxylic acids is 1. The van der Waals surface area contributed by atoms with Gasteiger partial charge in [0, 0.05) is 32.0 Å². The van der Waals surface area contributed by atoms with Gasteiger partial charge in [-0.2, -0.15) is 0 Å². The van der Waals surface area contributed by atoms with E-state index in [4.69, 9.17) is 42.1 Å². The minimum atomic E-state index is -0.422. The summed E-state index contributed by atoms with van der Waals surface area (Å²) in [6, 6.07) is 5.16. The van der Waals surface area contributed by atoms with E-state index >= 15 is 0 Å². The van der Waals surface area contributed by atoms with Gasteiger partial charge in [-0.1, -0.05) is 0 Å². The van der Waals surface area contributed by atoms with E-state index < -0.39 is 5.97 Å². The Kier molecular flexibility index (Phi) is 11.4. The lowest BCUT2D eigenvalue weighted by atomic mass is 10.1. The first-order valence-electron chi connectivity index (χ1n) is 7.96. The van der Waals surface area contributed by atoms with Crippen LogP contribution in [0.1, 0.15) is 10.4 Å². The van der Waals surface area contributed by atoms with Gasteiger partial charge in [-0.3, -0.25) is 0 Å². The molecule has 0 unspecified atom stereocenters. The maximum absolute atomic E-state index is 11.8. The molecule has 25 heavy (non-hydrogen) atoms. The number of alkyl halides is 2. The molecule has 0 aromatic heterocycles. The van der Waals surface area contributed by atoms with Crippen molar-refractivity contribution in [3.63, 3.8) is 0 Å². The number of nitrogens with zero attached hydrogens (tertiary/aromatic N) is 1. The molecule has 1 aromatic carbocycles. The molecule has 0 radical (unpaired) electrons. The van der Waals surface area contributed by atoms with E-state index in [2.05, 4.69) is 0 Å². The van der Waals surface area contributed by atoms with Gasteiger partial charge in [0.25, 0.3) is 0 Å². The average Bonchev–Trinajstić information content (AvgIpc) is 2.63. The van der Waals surface area contributed by atoms with Crippen LogP contribution >= 0.6 is 23.2 Å². The first-order valence-corrected chi connectivity index (χ1v) is 9.03. The quantitative estimate of drug-likeness (QED) is 0.291. The Labute approximate surface area is 158 Å². The lowest BCUT2D eigenvalue weighted by Crippen LogP contribution is -2.28. The number of esters is 1. The highest BCUT2D eigenvalue weighted by molar-refractivity contribution is 6.18. The fraction of sp³-hybridized carbons (Fsp3) is 0.588. The predicted octanol–water partition coefficient (Wildman–Crippen LogP) is 2.80. The fourth-order valence-corrected chi connectivity index (χ4v) is 2.56. The number of ether oxygens (including phenoxy) is 4. The SMILES string of the molecule is COCCOCCOc1cc(C(=O)OC)ccc1N(CCCl)CCCl. The Bertz CT molecular complexity index is 510. The Morgan fingerprint density at radius 2 is 1.72 bits per heavy atom. The van der Waals surface area contributed by atoms with Crippen molar-refractivity contribution in [2.45, 2.75) is 0 Å². The van der Waals surface area contributed by atoms with E-state index in [1.807, 2.05) is 11.0 Å². The van der Waals surface area contributed by atoms with Gasteiger partial charge in [0.2, 0.25) is 0 Å². The van der Waals surface area contributed by atoms with Crippen molar-refractivity contribution in [3.8, 4) is 5.75 Å². The molecule has 142 valence electrons. The number of carbonyl (C=O) groups is 1. The van der Waals surface area contributed by atoms with E-state index in [0.717, 1.165) is 5.69 Å². The van der Waals surface area contributed by atoms with Crippen molar-refractivity contribution < 1.29 is 23.7 Å². The molecule has 1 rings (SSSR count). The lowest BCUT2D eigenvalue weighted by Gasteiger charge is -2.25. The highest BCUT2D eigenvalue weighted by Gasteiger charge is 2.15. The zero-order valence-electron chi connectivity index (χ0n) is 14.6. The lowest BCUT2D eigenvalue weighted by molar-refractivity contribution is 0.0543. The van der Waals surface area contributed by atoms with Gasteiger partial charge in [-0.05, 0) is 18.2 Å². The van der Waals surface area contributed by atoms with Crippen LogP contribution < -0.4 is 9.64 Å². The van der Waals surface area contributed by atoms with Gasteiger partial charge >= 0.3 is 5.97 Å². The number of rotatable bonds is 13. The van der Waals surface area contributed by atoms with Crippen LogP contribution in [-0.2, 0) is 14.2 Å². The van der Waals surface area contributed by atoms with Crippen LogP contribution in [0, 0.1) is 0 Å². The summed E-state index contributed by atoms with van der Waals surface area (Å²) in [5.41, 5.74) is 1.24. The largest absolute Gasteiger partial charge is 0.489 e. The summed E-state index contributed by atoms with van der Waals surface area (Å²) in [6.45, 7) is 3.02. The fourth-order valence-electron chi connectivity index (χ4n) is 2.15. The molecular formula is C17H25Cl2NO5. The van der Waals surface area contributed by atoms with Crippen LogP contribution in [0.25, 0.3) is 0 Å². The number of halogens is 2. The molecule has 0 saturated carbocycles. The Balaban J connectivity index is 2.87. The summed E-state index contributed by atoms with van der Waals surface area (Å²) in [4.78, 5) is 13.8. The first kappa shape index (κ1) is 21.8. The molecule has 0 fully saturated rings. The highest BCUT2D eigenvalue weighted by Crippen LogP contribution is 2.30. The van der Waals surface area contributed by atoms with Gasteiger partial charge in [0.05, 0.1) is 38.2 Å². The standard InChI is InChI=1S/C17H25Cl2NO5/c1-22-9-10-24-11-12-25-16-13-14(17(21)23-2)3-4-15(16)20(7-5-18)8-6-19/h3-4,13H,5-12H2,1-2H3. The number of anilines is 1. The molecular weight excluding hydrogens is 369 g/mol. The van der Waals surface area contributed by atoms with Crippen LogP contribution in [0.3, 0.4) is 0 Å². The Morgan fingerprint density at radius 1 is 1.04 bits per heavy atom. The minimum Gasteiger partial charge on any atom is -0.489 e. The zero-order chi connectivity index (χ0) is 18.5. The van der Waals surface area contributed by atoms with Crippen molar-refractivity contribution in [2.75, 3.05) is 70.4 Å². The van der Waals surface area contributed by atoms with E-state index in [1.54, 1.807) is 19.2 Å². The Morgan fingerprint density at radius 3 is 2.32 bits per heavy atom. The third-order valence-corrected chi connectivity index (χ3v) is 3.69. The van der Waals surface area contributed by atoms with E-state index in [0.29, 0.717) is 62.6 Å². The highest BCUT2D eigenvalue weighted by atomic mass is 35.5. The molecule has 0 saturated heterocycles. The molecule has 6 nitrogen and oxygen atoms in total. The summed E-state index contributed by atoms with van der Waals surface area (Å²) in [7, 11) is 2.96. The van der Waals surface area contributed by atoms with E-state index in [-0.39, 0.29) is 0 Å². The molecule has 0 N–H and O–H groups in total. The second-order valence-electron chi connectivity index (χ2n) is 4.99. The molecule has 0 aliphatic heterocycles. The first-order chi connectivity index (χ1) is 12.2. The van der Waals surface area contributed by atoms with Crippen molar-refractivity contribution in [2.24, 2.45) is 0 Å². The maximum atomic E-state index is 11.8. The molecule has 0 bridgehead atoms. The maximum Gasteiger partial charge on any atom is 0.337 e. The van der Waals surface area contributed by atoms with Gasteiger partial charge < -0.3 is 23.8 Å². The van der Waals surface area contributed by atoms with Gasteiger partial charge in [-0.15, -0.1) is 23.2 Å². The average molecular weight is 394 g/mol. The summed E-state index contributed by atoms with van der Waals surface area (Å²) >= 11 is 11.8. The molecule has 0 aliphatic carbocycles. The number of benzene rings is 1. The van der Waals surface area contributed by atoms with Crippen molar-refractivity contribution in [3.05, 3.63) is 23.8 Å². The normalized spacial score (nSPS) is 10.6. The van der Waals surface area contributed by atoms with Crippen LogP contribution in [0.4, 0.5) is 5.69 Å². The van der Waals surface area contributed by atoms with Crippen LogP contribution in [0.15, 0.2) is 18.2 Å². The van der Waals surface area contributed by atoms with Gasteiger partial charge in [0.1, 0.15) is 12.4 Å². The second-order valence-corrected chi connectivity index (χ2v) is 5.75. The minimum absolute atomic E-state index is 0.344. The van der Waals surface area contributed by atoms with E-state index in [9.17, 15) is 4.79 Å². The topological polar surface area (TPSA) is 57.2 Å². The third kappa shape index (κ3) is 7.69. The van der Waals surface area contributed by atoms with E-state index in [1.165, 1.54) is 7.11 Å². The molecule has 0 heterocycles.